The Kier molecular flexibility index (Phi) is 4.52. The van der Waals surface area contributed by atoms with Crippen LogP contribution in [0.15, 0.2) is 24.3 Å². The van der Waals surface area contributed by atoms with Crippen LogP contribution in [-0.2, 0) is 0 Å². The molecule has 1 fully saturated rings. The molecule has 1 aromatic heterocycles. The number of nitrogens with zero attached hydrogens (tertiary/aromatic N) is 3. The summed E-state index contributed by atoms with van der Waals surface area (Å²) in [5, 5.41) is 13.0. The number of nitrogens with one attached hydrogen (secondary N) is 3. The number of nitrogen functional groups attached to an aromatic ring is 1. The highest BCUT2D eigenvalue weighted by molar-refractivity contribution is 6.30. The molecule has 1 saturated heterocycles. The molecule has 1 aromatic carbocycles. The standard InChI is InChI=1S/C14H18ClN7O/c15-9-1-3-10(4-2-9)17-14(23)18-11-5-7-22(8-6-11)13-19-12(16)20-21-13/h1-4,11H,5-8H2,(H2,17,18,23)(H3,16,19,20,21). The molecule has 2 heterocycles. The summed E-state index contributed by atoms with van der Waals surface area (Å²) in [4.78, 5) is 18.2. The number of rotatable bonds is 3. The van der Waals surface area contributed by atoms with Gasteiger partial charge in [0, 0.05) is 29.8 Å². The first-order valence-electron chi connectivity index (χ1n) is 7.36. The molecular weight excluding hydrogens is 318 g/mol. The van der Waals surface area contributed by atoms with Crippen molar-refractivity contribution in [3.63, 3.8) is 0 Å². The summed E-state index contributed by atoms with van der Waals surface area (Å²) in [5.74, 6) is 0.911. The molecule has 23 heavy (non-hydrogen) atoms. The predicted octanol–water partition coefficient (Wildman–Crippen LogP) is 1.83. The van der Waals surface area contributed by atoms with Gasteiger partial charge in [0.15, 0.2) is 0 Å². The van der Waals surface area contributed by atoms with E-state index in [1.165, 1.54) is 0 Å². The Morgan fingerprint density at radius 1 is 1.30 bits per heavy atom. The van der Waals surface area contributed by atoms with Gasteiger partial charge in [-0.2, -0.15) is 4.98 Å². The summed E-state index contributed by atoms with van der Waals surface area (Å²) < 4.78 is 0. The van der Waals surface area contributed by atoms with Gasteiger partial charge in [0.1, 0.15) is 0 Å². The molecular formula is C14H18ClN7O. The maximum atomic E-state index is 12.0. The number of benzene rings is 1. The van der Waals surface area contributed by atoms with E-state index in [2.05, 4.69) is 30.7 Å². The molecule has 0 unspecified atom stereocenters. The summed E-state index contributed by atoms with van der Waals surface area (Å²) in [6, 6.07) is 6.91. The zero-order valence-corrected chi connectivity index (χ0v) is 13.2. The normalized spacial score (nSPS) is 15.4. The Balaban J connectivity index is 1.46. The van der Waals surface area contributed by atoms with E-state index in [1.807, 2.05) is 0 Å². The number of amides is 2. The highest BCUT2D eigenvalue weighted by Gasteiger charge is 2.22. The topological polar surface area (TPSA) is 112 Å². The van der Waals surface area contributed by atoms with E-state index in [-0.39, 0.29) is 18.0 Å². The monoisotopic (exact) mass is 335 g/mol. The van der Waals surface area contributed by atoms with Gasteiger partial charge >= 0.3 is 6.03 Å². The van der Waals surface area contributed by atoms with Crippen LogP contribution in [-0.4, -0.2) is 40.3 Å². The van der Waals surface area contributed by atoms with Crippen LogP contribution < -0.4 is 21.3 Å². The number of anilines is 3. The lowest BCUT2D eigenvalue weighted by Gasteiger charge is -2.31. The molecule has 122 valence electrons. The Bertz CT molecular complexity index is 664. The molecule has 0 spiro atoms. The number of carbonyl (C=O) groups is 1. The number of piperidine rings is 1. The largest absolute Gasteiger partial charge is 0.366 e. The van der Waals surface area contributed by atoms with Crippen molar-refractivity contribution < 1.29 is 4.79 Å². The van der Waals surface area contributed by atoms with Crippen molar-refractivity contribution in [1.29, 1.82) is 0 Å². The Hall–Kier alpha value is -2.48. The molecule has 0 saturated carbocycles. The molecule has 5 N–H and O–H groups in total. The van der Waals surface area contributed by atoms with Crippen molar-refractivity contribution in [1.82, 2.24) is 20.5 Å². The molecule has 0 aliphatic carbocycles. The zero-order valence-electron chi connectivity index (χ0n) is 12.4. The second-order valence-electron chi connectivity index (χ2n) is 5.38. The third-order valence-corrected chi connectivity index (χ3v) is 3.97. The van der Waals surface area contributed by atoms with Gasteiger partial charge in [0.2, 0.25) is 11.9 Å². The van der Waals surface area contributed by atoms with Crippen molar-refractivity contribution in [3.8, 4) is 0 Å². The van der Waals surface area contributed by atoms with Gasteiger partial charge in [0.05, 0.1) is 0 Å². The molecule has 0 bridgehead atoms. The highest BCUT2D eigenvalue weighted by Crippen LogP contribution is 2.17. The van der Waals surface area contributed by atoms with Crippen LogP contribution in [0, 0.1) is 0 Å². The number of aromatic nitrogens is 3. The summed E-state index contributed by atoms with van der Waals surface area (Å²) in [6.07, 6.45) is 1.66. The fourth-order valence-corrected chi connectivity index (χ4v) is 2.65. The first-order valence-corrected chi connectivity index (χ1v) is 7.74. The third kappa shape index (κ3) is 4.04. The second kappa shape index (κ2) is 6.74. The zero-order chi connectivity index (χ0) is 16.2. The van der Waals surface area contributed by atoms with E-state index < -0.39 is 0 Å². The highest BCUT2D eigenvalue weighted by atomic mass is 35.5. The number of carbonyl (C=O) groups excluding carboxylic acids is 1. The number of hydrogen-bond acceptors (Lipinski definition) is 5. The lowest BCUT2D eigenvalue weighted by molar-refractivity contribution is 0.246. The molecule has 0 radical (unpaired) electrons. The summed E-state index contributed by atoms with van der Waals surface area (Å²) in [6.45, 7) is 1.56. The Morgan fingerprint density at radius 2 is 2.00 bits per heavy atom. The number of aromatic amines is 1. The quantitative estimate of drug-likeness (QED) is 0.683. The molecule has 9 heteroatoms. The fourth-order valence-electron chi connectivity index (χ4n) is 2.53. The van der Waals surface area contributed by atoms with E-state index in [0.717, 1.165) is 25.9 Å². The molecule has 2 aromatic rings. The van der Waals surface area contributed by atoms with Crippen molar-refractivity contribution in [2.24, 2.45) is 0 Å². The fraction of sp³-hybridized carbons (Fsp3) is 0.357. The van der Waals surface area contributed by atoms with Gasteiger partial charge in [0.25, 0.3) is 0 Å². The first-order chi connectivity index (χ1) is 11.1. The van der Waals surface area contributed by atoms with Gasteiger partial charge in [-0.15, -0.1) is 5.10 Å². The van der Waals surface area contributed by atoms with Crippen LogP contribution in [0.1, 0.15) is 12.8 Å². The van der Waals surface area contributed by atoms with Gasteiger partial charge in [-0.3, -0.25) is 0 Å². The van der Waals surface area contributed by atoms with Gasteiger partial charge in [-0.25, -0.2) is 9.89 Å². The second-order valence-corrected chi connectivity index (χ2v) is 5.82. The van der Waals surface area contributed by atoms with Crippen LogP contribution in [0.3, 0.4) is 0 Å². The SMILES string of the molecule is Nc1n[nH]c(N2CCC(NC(=O)Nc3ccc(Cl)cc3)CC2)n1. The van der Waals surface area contributed by atoms with Crippen molar-refractivity contribution in [3.05, 3.63) is 29.3 Å². The maximum Gasteiger partial charge on any atom is 0.319 e. The Labute approximate surface area is 138 Å². The van der Waals surface area contributed by atoms with Crippen LogP contribution in [0.25, 0.3) is 0 Å². The van der Waals surface area contributed by atoms with E-state index in [1.54, 1.807) is 24.3 Å². The smallest absolute Gasteiger partial charge is 0.319 e. The third-order valence-electron chi connectivity index (χ3n) is 3.72. The van der Waals surface area contributed by atoms with Gasteiger partial charge in [-0.05, 0) is 37.1 Å². The molecule has 2 amide bonds. The van der Waals surface area contributed by atoms with Crippen LogP contribution in [0.5, 0.6) is 0 Å². The number of urea groups is 1. The van der Waals surface area contributed by atoms with E-state index in [0.29, 0.717) is 16.7 Å². The summed E-state index contributed by atoms with van der Waals surface area (Å²) in [5.41, 5.74) is 6.22. The average Bonchev–Trinajstić information content (AvgIpc) is 2.97. The minimum absolute atomic E-state index is 0.124. The minimum atomic E-state index is -0.213. The van der Waals surface area contributed by atoms with E-state index in [9.17, 15) is 4.79 Å². The predicted molar refractivity (Wildman–Crippen MR) is 89.6 cm³/mol. The van der Waals surface area contributed by atoms with E-state index in [4.69, 9.17) is 17.3 Å². The average molecular weight is 336 g/mol. The lowest BCUT2D eigenvalue weighted by atomic mass is 10.1. The van der Waals surface area contributed by atoms with E-state index >= 15 is 0 Å². The van der Waals surface area contributed by atoms with Gasteiger partial charge < -0.3 is 21.3 Å². The molecule has 3 rings (SSSR count). The summed E-state index contributed by atoms with van der Waals surface area (Å²) in [7, 11) is 0. The number of halogens is 1. The number of nitrogens with two attached hydrogens (primary N) is 1. The Morgan fingerprint density at radius 3 is 2.61 bits per heavy atom. The van der Waals surface area contributed by atoms with Gasteiger partial charge in [-0.1, -0.05) is 11.6 Å². The lowest BCUT2D eigenvalue weighted by Crippen LogP contribution is -2.46. The summed E-state index contributed by atoms with van der Waals surface area (Å²) >= 11 is 5.82. The minimum Gasteiger partial charge on any atom is -0.366 e. The molecule has 8 nitrogen and oxygen atoms in total. The van der Waals surface area contributed by atoms with Crippen LogP contribution >= 0.6 is 11.6 Å². The maximum absolute atomic E-state index is 12.0. The number of H-pyrrole nitrogens is 1. The van der Waals surface area contributed by atoms with Crippen molar-refractivity contribution >= 4 is 35.2 Å². The van der Waals surface area contributed by atoms with Crippen LogP contribution in [0.4, 0.5) is 22.4 Å². The first kappa shape index (κ1) is 15.4. The van der Waals surface area contributed by atoms with Crippen molar-refractivity contribution in [2.45, 2.75) is 18.9 Å². The molecule has 1 aliphatic rings. The molecule has 1 aliphatic heterocycles. The molecule has 0 atom stereocenters. The number of hydrogen-bond donors (Lipinski definition) is 4. The van der Waals surface area contributed by atoms with Crippen LogP contribution in [0.2, 0.25) is 5.02 Å². The van der Waals surface area contributed by atoms with Crippen molar-refractivity contribution in [2.75, 3.05) is 29.0 Å².